The van der Waals surface area contributed by atoms with Gasteiger partial charge in [-0.3, -0.25) is 4.55 Å². The summed E-state index contributed by atoms with van der Waals surface area (Å²) in [4.78, 5) is 0.782. The minimum absolute atomic E-state index is 0.0938. The third-order valence-corrected chi connectivity index (χ3v) is 4.14. The Labute approximate surface area is 87.9 Å². The topological polar surface area (TPSA) is 90.4 Å². The maximum absolute atomic E-state index is 11.2. The van der Waals surface area contributed by atoms with E-state index < -0.39 is 15.1 Å². The van der Waals surface area contributed by atoms with Crippen molar-refractivity contribution in [2.45, 2.75) is 24.2 Å². The first kappa shape index (κ1) is 10.7. The van der Waals surface area contributed by atoms with Gasteiger partial charge >= 0.3 is 0 Å². The van der Waals surface area contributed by atoms with E-state index in [2.05, 4.69) is 4.98 Å². The SMILES string of the molecule is O=S(=O)(O)C(O)(Cc1ccc[nH]1)C1CC1. The molecular weight excluding hydrogens is 218 g/mol. The van der Waals surface area contributed by atoms with Crippen molar-refractivity contribution in [3.05, 3.63) is 24.0 Å². The predicted octanol–water partition coefficient (Wildman–Crippen LogP) is 0.544. The second kappa shape index (κ2) is 3.33. The molecular formula is C9H13NO4S. The number of hydrogen-bond donors (Lipinski definition) is 3. The van der Waals surface area contributed by atoms with Crippen molar-refractivity contribution in [2.75, 3.05) is 0 Å². The van der Waals surface area contributed by atoms with Crippen molar-refractivity contribution in [1.82, 2.24) is 4.98 Å². The lowest BCUT2D eigenvalue weighted by Crippen LogP contribution is -2.42. The standard InChI is InChI=1S/C9H13NO4S/c11-9(7-3-4-7,15(12,13)14)6-8-2-1-5-10-8/h1-2,5,7,10-11H,3-4,6H2,(H,12,13,14). The van der Waals surface area contributed by atoms with Gasteiger partial charge in [-0.05, 0) is 25.0 Å². The highest BCUT2D eigenvalue weighted by Crippen LogP contribution is 2.44. The number of nitrogens with one attached hydrogen (secondary N) is 1. The molecule has 15 heavy (non-hydrogen) atoms. The molecule has 0 radical (unpaired) electrons. The molecule has 0 saturated heterocycles. The second-order valence-electron chi connectivity index (χ2n) is 3.97. The molecule has 0 bridgehead atoms. The van der Waals surface area contributed by atoms with Gasteiger partial charge in [-0.2, -0.15) is 8.42 Å². The van der Waals surface area contributed by atoms with Gasteiger partial charge in [0, 0.05) is 24.2 Å². The van der Waals surface area contributed by atoms with Gasteiger partial charge in [-0.1, -0.05) is 0 Å². The molecule has 84 valence electrons. The Bertz CT molecular complexity index is 435. The Morgan fingerprint density at radius 1 is 1.53 bits per heavy atom. The molecule has 1 fully saturated rings. The molecule has 1 aliphatic carbocycles. The van der Waals surface area contributed by atoms with Crippen LogP contribution in [0.1, 0.15) is 18.5 Å². The summed E-state index contributed by atoms with van der Waals surface area (Å²) in [5.41, 5.74) is 0.599. The summed E-state index contributed by atoms with van der Waals surface area (Å²) >= 11 is 0. The Morgan fingerprint density at radius 2 is 2.20 bits per heavy atom. The molecule has 1 aliphatic rings. The molecule has 2 rings (SSSR count). The maximum Gasteiger partial charge on any atom is 0.295 e. The Kier molecular flexibility index (Phi) is 2.37. The fourth-order valence-electron chi connectivity index (χ4n) is 1.73. The van der Waals surface area contributed by atoms with Crippen LogP contribution in [0.5, 0.6) is 0 Å². The van der Waals surface area contributed by atoms with E-state index in [1.54, 1.807) is 18.3 Å². The molecule has 0 spiro atoms. The second-order valence-corrected chi connectivity index (χ2v) is 5.62. The van der Waals surface area contributed by atoms with Crippen LogP contribution in [-0.2, 0) is 16.5 Å². The third-order valence-electron chi connectivity index (χ3n) is 2.77. The minimum atomic E-state index is -4.44. The van der Waals surface area contributed by atoms with Gasteiger partial charge in [-0.15, -0.1) is 0 Å². The van der Waals surface area contributed by atoms with Crippen molar-refractivity contribution in [3.63, 3.8) is 0 Å². The van der Waals surface area contributed by atoms with Gasteiger partial charge in [0.25, 0.3) is 10.1 Å². The van der Waals surface area contributed by atoms with Crippen LogP contribution in [-0.4, -0.2) is 28.0 Å². The van der Waals surface area contributed by atoms with Gasteiger partial charge in [0.05, 0.1) is 0 Å². The highest BCUT2D eigenvalue weighted by atomic mass is 32.2. The summed E-state index contributed by atoms with van der Waals surface area (Å²) in [5, 5.41) is 10.0. The highest BCUT2D eigenvalue weighted by molar-refractivity contribution is 7.87. The first-order chi connectivity index (χ1) is 6.93. The minimum Gasteiger partial charge on any atom is -0.372 e. The molecule has 1 aromatic rings. The quantitative estimate of drug-likeness (QED) is 0.660. The molecule has 5 nitrogen and oxygen atoms in total. The smallest absolute Gasteiger partial charge is 0.295 e. The fourth-order valence-corrected chi connectivity index (χ4v) is 2.73. The normalized spacial score (nSPS) is 21.2. The molecule has 0 aliphatic heterocycles. The number of H-pyrrole nitrogens is 1. The van der Waals surface area contributed by atoms with Gasteiger partial charge in [0.2, 0.25) is 0 Å². The molecule has 1 heterocycles. The molecule has 0 aromatic carbocycles. The monoisotopic (exact) mass is 231 g/mol. The number of rotatable bonds is 4. The number of aliphatic hydroxyl groups is 1. The van der Waals surface area contributed by atoms with Crippen LogP contribution >= 0.6 is 0 Å². The Morgan fingerprint density at radius 3 is 2.60 bits per heavy atom. The summed E-state index contributed by atoms with van der Waals surface area (Å²) < 4.78 is 31.4. The lowest BCUT2D eigenvalue weighted by molar-refractivity contribution is 0.0898. The third kappa shape index (κ3) is 1.92. The van der Waals surface area contributed by atoms with Crippen LogP contribution < -0.4 is 0 Å². The summed E-state index contributed by atoms with van der Waals surface area (Å²) in [6.07, 6.45) is 2.82. The zero-order chi connectivity index (χ0) is 11.1. The Balaban J connectivity index is 2.28. The van der Waals surface area contributed by atoms with Crippen molar-refractivity contribution < 1.29 is 18.1 Å². The van der Waals surface area contributed by atoms with E-state index in [0.717, 1.165) is 0 Å². The van der Waals surface area contributed by atoms with Crippen molar-refractivity contribution in [1.29, 1.82) is 0 Å². The summed E-state index contributed by atoms with van der Waals surface area (Å²) in [6, 6.07) is 3.39. The highest BCUT2D eigenvalue weighted by Gasteiger charge is 2.53. The first-order valence-corrected chi connectivity index (χ1v) is 6.19. The molecule has 6 heteroatoms. The molecule has 1 aromatic heterocycles. The maximum atomic E-state index is 11.2. The molecule has 0 amide bonds. The molecule has 1 saturated carbocycles. The summed E-state index contributed by atoms with van der Waals surface area (Å²) in [6.45, 7) is 0. The van der Waals surface area contributed by atoms with E-state index in [1.807, 2.05) is 0 Å². The molecule has 1 unspecified atom stereocenters. The summed E-state index contributed by atoms with van der Waals surface area (Å²) in [7, 11) is -4.44. The lowest BCUT2D eigenvalue weighted by atomic mass is 10.1. The van der Waals surface area contributed by atoms with Gasteiger partial charge in [-0.25, -0.2) is 0 Å². The van der Waals surface area contributed by atoms with Gasteiger partial charge in [0.15, 0.2) is 4.93 Å². The van der Waals surface area contributed by atoms with E-state index >= 15 is 0 Å². The summed E-state index contributed by atoms with van der Waals surface area (Å²) in [5.74, 6) is -0.351. The van der Waals surface area contributed by atoms with Crippen LogP contribution in [0.15, 0.2) is 18.3 Å². The van der Waals surface area contributed by atoms with E-state index in [4.69, 9.17) is 4.55 Å². The predicted molar refractivity (Wildman–Crippen MR) is 53.7 cm³/mol. The number of aromatic nitrogens is 1. The van der Waals surface area contributed by atoms with Crippen molar-refractivity contribution >= 4 is 10.1 Å². The first-order valence-electron chi connectivity index (χ1n) is 4.75. The zero-order valence-corrected chi connectivity index (χ0v) is 8.87. The van der Waals surface area contributed by atoms with E-state index in [0.29, 0.717) is 18.5 Å². The van der Waals surface area contributed by atoms with Gasteiger partial charge in [0.1, 0.15) is 0 Å². The zero-order valence-electron chi connectivity index (χ0n) is 8.05. The molecule has 3 N–H and O–H groups in total. The molecule has 1 atom stereocenters. The average Bonchev–Trinajstić information content (AvgIpc) is 2.86. The van der Waals surface area contributed by atoms with E-state index in [-0.39, 0.29) is 12.3 Å². The van der Waals surface area contributed by atoms with Crippen molar-refractivity contribution in [2.24, 2.45) is 5.92 Å². The lowest BCUT2D eigenvalue weighted by Gasteiger charge is -2.23. The van der Waals surface area contributed by atoms with Gasteiger partial charge < -0.3 is 10.1 Å². The van der Waals surface area contributed by atoms with Crippen LogP contribution in [0.25, 0.3) is 0 Å². The fraction of sp³-hybridized carbons (Fsp3) is 0.556. The largest absolute Gasteiger partial charge is 0.372 e. The average molecular weight is 231 g/mol. The van der Waals surface area contributed by atoms with Crippen molar-refractivity contribution in [3.8, 4) is 0 Å². The van der Waals surface area contributed by atoms with Crippen LogP contribution in [0.2, 0.25) is 0 Å². The number of aromatic amines is 1. The van der Waals surface area contributed by atoms with Crippen LogP contribution in [0.4, 0.5) is 0 Å². The van der Waals surface area contributed by atoms with E-state index in [9.17, 15) is 13.5 Å². The van der Waals surface area contributed by atoms with Crippen LogP contribution in [0.3, 0.4) is 0 Å². The Hall–Kier alpha value is -0.850. The number of hydrogen-bond acceptors (Lipinski definition) is 3. The van der Waals surface area contributed by atoms with E-state index in [1.165, 1.54) is 0 Å². The van der Waals surface area contributed by atoms with Crippen LogP contribution in [0, 0.1) is 5.92 Å².